The van der Waals surface area contributed by atoms with Crippen LogP contribution in [0.15, 0.2) is 0 Å². The van der Waals surface area contributed by atoms with Gasteiger partial charge in [0.1, 0.15) is 0 Å². The molecular weight excluding hydrogens is 242 g/mol. The zero-order valence-electron chi connectivity index (χ0n) is 12.4. The minimum Gasteiger partial charge on any atom is -0.394 e. The van der Waals surface area contributed by atoms with Gasteiger partial charge in [0.2, 0.25) is 0 Å². The fourth-order valence-corrected chi connectivity index (χ4v) is 3.34. The van der Waals surface area contributed by atoms with E-state index < -0.39 is 0 Å². The van der Waals surface area contributed by atoms with Crippen LogP contribution in [0.1, 0.15) is 46.0 Å². The van der Waals surface area contributed by atoms with E-state index in [4.69, 9.17) is 9.47 Å². The molecule has 1 aliphatic carbocycles. The highest BCUT2D eigenvalue weighted by Crippen LogP contribution is 2.32. The molecule has 0 radical (unpaired) electrons. The van der Waals surface area contributed by atoms with Crippen molar-refractivity contribution in [3.05, 3.63) is 0 Å². The third-order valence-corrected chi connectivity index (χ3v) is 4.37. The number of ether oxygens (including phenoxy) is 2. The van der Waals surface area contributed by atoms with Crippen molar-refractivity contribution in [1.82, 2.24) is 5.32 Å². The fraction of sp³-hybridized carbons (Fsp3) is 1.00. The number of aliphatic hydroxyl groups excluding tert-OH is 1. The second-order valence-electron chi connectivity index (χ2n) is 6.49. The van der Waals surface area contributed by atoms with E-state index in [1.54, 1.807) is 0 Å². The van der Waals surface area contributed by atoms with E-state index in [0.717, 1.165) is 51.9 Å². The number of hydrogen-bond acceptors (Lipinski definition) is 4. The Morgan fingerprint density at radius 3 is 2.68 bits per heavy atom. The molecule has 2 N–H and O–H groups in total. The maximum absolute atomic E-state index is 9.67. The van der Waals surface area contributed by atoms with Gasteiger partial charge in [-0.2, -0.15) is 0 Å². The molecular formula is C15H29NO3. The van der Waals surface area contributed by atoms with Gasteiger partial charge >= 0.3 is 0 Å². The molecule has 0 amide bonds. The molecule has 4 nitrogen and oxygen atoms in total. The first kappa shape index (κ1) is 15.2. The van der Waals surface area contributed by atoms with Crippen LogP contribution < -0.4 is 5.32 Å². The Morgan fingerprint density at radius 2 is 2.05 bits per heavy atom. The Bertz CT molecular complexity index is 266. The van der Waals surface area contributed by atoms with Gasteiger partial charge in [0.05, 0.1) is 12.7 Å². The predicted octanol–water partition coefficient (Wildman–Crippen LogP) is 1.71. The maximum Gasteiger partial charge on any atom is 0.0614 e. The summed E-state index contributed by atoms with van der Waals surface area (Å²) in [6, 6.07) is 0.404. The quantitative estimate of drug-likeness (QED) is 0.772. The molecule has 1 aliphatic heterocycles. The molecule has 2 fully saturated rings. The first-order valence-electron chi connectivity index (χ1n) is 7.71. The monoisotopic (exact) mass is 271 g/mol. The van der Waals surface area contributed by atoms with Crippen molar-refractivity contribution in [1.29, 1.82) is 0 Å². The molecule has 1 heterocycles. The largest absolute Gasteiger partial charge is 0.394 e. The van der Waals surface area contributed by atoms with Crippen molar-refractivity contribution >= 4 is 0 Å². The smallest absolute Gasteiger partial charge is 0.0614 e. The molecule has 0 spiro atoms. The van der Waals surface area contributed by atoms with E-state index in [2.05, 4.69) is 19.2 Å². The minimum absolute atomic E-state index is 0.117. The van der Waals surface area contributed by atoms with Crippen LogP contribution in [0.5, 0.6) is 0 Å². The summed E-state index contributed by atoms with van der Waals surface area (Å²) in [5.74, 6) is 0.663. The van der Waals surface area contributed by atoms with Crippen LogP contribution in [-0.2, 0) is 9.47 Å². The number of aliphatic hydroxyl groups is 1. The molecule has 0 aromatic carbocycles. The Hall–Kier alpha value is -0.160. The van der Waals surface area contributed by atoms with Crippen molar-refractivity contribution in [3.63, 3.8) is 0 Å². The molecule has 4 heteroatoms. The van der Waals surface area contributed by atoms with E-state index >= 15 is 0 Å². The Kier molecular flexibility index (Phi) is 5.63. The predicted molar refractivity (Wildman–Crippen MR) is 75.2 cm³/mol. The Labute approximate surface area is 116 Å². The van der Waals surface area contributed by atoms with Crippen LogP contribution in [0.2, 0.25) is 0 Å². The van der Waals surface area contributed by atoms with Gasteiger partial charge in [-0.25, -0.2) is 0 Å². The lowest BCUT2D eigenvalue weighted by Gasteiger charge is -2.31. The molecule has 19 heavy (non-hydrogen) atoms. The third kappa shape index (κ3) is 4.42. The molecule has 0 aromatic rings. The highest BCUT2D eigenvalue weighted by molar-refractivity contribution is 4.97. The molecule has 0 bridgehead atoms. The van der Waals surface area contributed by atoms with Gasteiger partial charge in [-0.1, -0.05) is 13.8 Å². The zero-order chi connectivity index (χ0) is 13.7. The molecule has 2 aliphatic rings. The first-order valence-corrected chi connectivity index (χ1v) is 7.71. The summed E-state index contributed by atoms with van der Waals surface area (Å²) >= 11 is 0. The van der Waals surface area contributed by atoms with Crippen LogP contribution in [0.4, 0.5) is 0 Å². The van der Waals surface area contributed by atoms with Gasteiger partial charge in [-0.15, -0.1) is 0 Å². The summed E-state index contributed by atoms with van der Waals surface area (Å²) in [4.78, 5) is 0. The molecule has 1 saturated heterocycles. The van der Waals surface area contributed by atoms with Gasteiger partial charge in [-0.05, 0) is 38.0 Å². The maximum atomic E-state index is 9.67. The zero-order valence-corrected chi connectivity index (χ0v) is 12.4. The Morgan fingerprint density at radius 1 is 1.32 bits per heavy atom. The normalized spacial score (nSPS) is 33.2. The van der Waals surface area contributed by atoms with E-state index in [0.29, 0.717) is 18.1 Å². The van der Waals surface area contributed by atoms with Crippen LogP contribution in [0.3, 0.4) is 0 Å². The summed E-state index contributed by atoms with van der Waals surface area (Å²) in [6.07, 6.45) is 5.57. The molecule has 112 valence electrons. The van der Waals surface area contributed by atoms with Crippen molar-refractivity contribution in [3.8, 4) is 0 Å². The van der Waals surface area contributed by atoms with E-state index in [-0.39, 0.29) is 12.1 Å². The van der Waals surface area contributed by atoms with Gasteiger partial charge < -0.3 is 19.9 Å². The summed E-state index contributed by atoms with van der Waals surface area (Å²) in [7, 11) is 0. The lowest BCUT2D eigenvalue weighted by Crippen LogP contribution is -2.50. The van der Waals surface area contributed by atoms with Crippen LogP contribution in [-0.4, -0.2) is 49.2 Å². The van der Waals surface area contributed by atoms with Gasteiger partial charge in [0, 0.05) is 31.4 Å². The van der Waals surface area contributed by atoms with Crippen molar-refractivity contribution < 1.29 is 14.6 Å². The average molecular weight is 271 g/mol. The van der Waals surface area contributed by atoms with Crippen LogP contribution in [0, 0.1) is 5.92 Å². The summed E-state index contributed by atoms with van der Waals surface area (Å²) < 4.78 is 11.4. The van der Waals surface area contributed by atoms with Gasteiger partial charge in [0.15, 0.2) is 0 Å². The van der Waals surface area contributed by atoms with Crippen molar-refractivity contribution in [2.45, 2.75) is 63.6 Å². The van der Waals surface area contributed by atoms with Crippen molar-refractivity contribution in [2.24, 2.45) is 5.92 Å². The summed E-state index contributed by atoms with van der Waals surface area (Å²) in [5, 5.41) is 13.2. The second kappa shape index (κ2) is 7.02. The number of rotatable bonds is 6. The lowest BCUT2D eigenvalue weighted by atomic mass is 9.97. The molecule has 1 saturated carbocycles. The molecule has 2 unspecified atom stereocenters. The number of nitrogens with one attached hydrogen (secondary N) is 1. The third-order valence-electron chi connectivity index (χ3n) is 4.37. The van der Waals surface area contributed by atoms with Gasteiger partial charge in [0.25, 0.3) is 0 Å². The van der Waals surface area contributed by atoms with Gasteiger partial charge in [-0.3, -0.25) is 0 Å². The lowest BCUT2D eigenvalue weighted by molar-refractivity contribution is -0.0124. The molecule has 2 atom stereocenters. The fourth-order valence-electron chi connectivity index (χ4n) is 3.34. The second-order valence-corrected chi connectivity index (χ2v) is 6.49. The summed E-state index contributed by atoms with van der Waals surface area (Å²) in [5.41, 5.74) is -0.117. The van der Waals surface area contributed by atoms with E-state index in [1.165, 1.54) is 0 Å². The van der Waals surface area contributed by atoms with Crippen LogP contribution >= 0.6 is 0 Å². The van der Waals surface area contributed by atoms with Crippen LogP contribution in [0.25, 0.3) is 0 Å². The minimum atomic E-state index is -0.117. The highest BCUT2D eigenvalue weighted by Gasteiger charge is 2.39. The number of hydrogen-bond donors (Lipinski definition) is 2. The van der Waals surface area contributed by atoms with E-state index in [1.807, 2.05) is 0 Å². The Balaban J connectivity index is 1.74. The highest BCUT2D eigenvalue weighted by atomic mass is 16.5. The average Bonchev–Trinajstić information content (AvgIpc) is 2.81. The standard InChI is InChI=1S/C15H29NO3/c1-12(2)16-15(11-17)6-3-14(9-15)19-10-13-4-7-18-8-5-13/h12-14,16-17H,3-11H2,1-2H3. The summed E-state index contributed by atoms with van der Waals surface area (Å²) in [6.45, 7) is 7.10. The molecule has 0 aromatic heterocycles. The molecule has 2 rings (SSSR count). The van der Waals surface area contributed by atoms with Crippen molar-refractivity contribution in [2.75, 3.05) is 26.4 Å². The first-order chi connectivity index (χ1) is 9.13. The SMILES string of the molecule is CC(C)NC1(CO)CCC(OCC2CCOCC2)C1. The topological polar surface area (TPSA) is 50.7 Å². The van der Waals surface area contributed by atoms with E-state index in [9.17, 15) is 5.11 Å².